The van der Waals surface area contributed by atoms with Gasteiger partial charge in [-0.25, -0.2) is 9.78 Å². The number of hydrogen-bond acceptors (Lipinski definition) is 4. The summed E-state index contributed by atoms with van der Waals surface area (Å²) in [4.78, 5) is 28.8. The molecule has 1 saturated heterocycles. The topological polar surface area (TPSA) is 70.5 Å². The normalized spacial score (nSPS) is 23.2. The number of pyridine rings is 1. The van der Waals surface area contributed by atoms with Gasteiger partial charge in [0.15, 0.2) is 0 Å². The Kier molecular flexibility index (Phi) is 4.09. The van der Waals surface area contributed by atoms with Gasteiger partial charge in [-0.15, -0.1) is 0 Å². The second kappa shape index (κ2) is 5.61. The molecule has 1 N–H and O–H groups in total. The summed E-state index contributed by atoms with van der Waals surface area (Å²) in [7, 11) is 0. The van der Waals surface area contributed by atoms with Crippen LogP contribution in [-0.2, 0) is 0 Å². The minimum atomic E-state index is -1.12. The van der Waals surface area contributed by atoms with E-state index in [0.29, 0.717) is 23.6 Å². The molecule has 0 aliphatic carbocycles. The first kappa shape index (κ1) is 13.9. The van der Waals surface area contributed by atoms with Crippen molar-refractivity contribution in [3.8, 4) is 0 Å². The van der Waals surface area contributed by atoms with Gasteiger partial charge in [-0.2, -0.15) is 11.8 Å². The molecule has 1 fully saturated rings. The summed E-state index contributed by atoms with van der Waals surface area (Å²) in [6, 6.07) is 4.50. The van der Waals surface area contributed by atoms with Crippen LogP contribution in [0.25, 0.3) is 0 Å². The maximum Gasteiger partial charge on any atom is 0.354 e. The first-order chi connectivity index (χ1) is 8.97. The highest BCUT2D eigenvalue weighted by Crippen LogP contribution is 2.25. The number of carboxylic acids is 1. The summed E-state index contributed by atoms with van der Waals surface area (Å²) in [6.45, 7) is 5.52. The molecule has 2 unspecified atom stereocenters. The van der Waals surface area contributed by atoms with Crippen LogP contribution in [0.15, 0.2) is 18.2 Å². The minimum Gasteiger partial charge on any atom is -0.477 e. The molecule has 0 radical (unpaired) electrons. The monoisotopic (exact) mass is 280 g/mol. The third-order valence-electron chi connectivity index (χ3n) is 2.89. The van der Waals surface area contributed by atoms with Crippen molar-refractivity contribution in [3.63, 3.8) is 0 Å². The standard InChI is InChI=1S/C13H16N2O3S/c1-8-6-15(7-9(2)19-8)12(16)10-4-3-5-11(14-10)13(17)18/h3-5,8-9H,6-7H2,1-2H3,(H,17,18). The fourth-order valence-corrected chi connectivity index (χ4v) is 3.50. The first-order valence-electron chi connectivity index (χ1n) is 6.12. The largest absolute Gasteiger partial charge is 0.477 e. The maximum absolute atomic E-state index is 12.3. The SMILES string of the molecule is CC1CN(C(=O)c2cccc(C(=O)O)n2)CC(C)S1. The Bertz CT molecular complexity index is 496. The fraction of sp³-hybridized carbons (Fsp3) is 0.462. The number of carboxylic acid groups (broad SMARTS) is 1. The number of carbonyl (C=O) groups excluding carboxylic acids is 1. The molecular formula is C13H16N2O3S. The number of thioether (sulfide) groups is 1. The van der Waals surface area contributed by atoms with E-state index in [1.807, 2.05) is 11.8 Å². The van der Waals surface area contributed by atoms with E-state index in [4.69, 9.17) is 5.11 Å². The Morgan fingerprint density at radius 3 is 2.42 bits per heavy atom. The van der Waals surface area contributed by atoms with Crippen molar-refractivity contribution >= 4 is 23.6 Å². The summed E-state index contributed by atoms with van der Waals surface area (Å²) in [5, 5.41) is 9.66. The highest BCUT2D eigenvalue weighted by Gasteiger charge is 2.27. The van der Waals surface area contributed by atoms with Gasteiger partial charge in [0.05, 0.1) is 0 Å². The van der Waals surface area contributed by atoms with E-state index >= 15 is 0 Å². The molecule has 2 rings (SSSR count). The number of amides is 1. The van der Waals surface area contributed by atoms with Crippen molar-refractivity contribution in [2.45, 2.75) is 24.3 Å². The number of rotatable bonds is 2. The minimum absolute atomic E-state index is 0.0988. The molecular weight excluding hydrogens is 264 g/mol. The number of aromatic carboxylic acids is 1. The molecule has 2 atom stereocenters. The van der Waals surface area contributed by atoms with Gasteiger partial charge in [-0.3, -0.25) is 4.79 Å². The van der Waals surface area contributed by atoms with Crippen molar-refractivity contribution in [2.75, 3.05) is 13.1 Å². The molecule has 2 heterocycles. The highest BCUT2D eigenvalue weighted by atomic mass is 32.2. The summed E-state index contributed by atoms with van der Waals surface area (Å²) in [5.74, 6) is -1.31. The molecule has 0 spiro atoms. The summed E-state index contributed by atoms with van der Waals surface area (Å²) in [6.07, 6.45) is 0. The van der Waals surface area contributed by atoms with Crippen molar-refractivity contribution < 1.29 is 14.7 Å². The van der Waals surface area contributed by atoms with E-state index in [2.05, 4.69) is 18.8 Å². The van der Waals surface area contributed by atoms with E-state index in [9.17, 15) is 9.59 Å². The Labute approximate surface area is 116 Å². The average Bonchev–Trinajstić information content (AvgIpc) is 2.37. The molecule has 0 bridgehead atoms. The molecule has 1 aromatic heterocycles. The molecule has 1 aromatic rings. The van der Waals surface area contributed by atoms with Crippen LogP contribution in [0.2, 0.25) is 0 Å². The molecule has 0 aromatic carbocycles. The van der Waals surface area contributed by atoms with Crippen LogP contribution in [0, 0.1) is 0 Å². The smallest absolute Gasteiger partial charge is 0.354 e. The van der Waals surface area contributed by atoms with Gasteiger partial charge in [0.2, 0.25) is 0 Å². The Hall–Kier alpha value is -1.56. The summed E-state index contributed by atoms with van der Waals surface area (Å²) in [5.41, 5.74) is 0.101. The van der Waals surface area contributed by atoms with Crippen LogP contribution in [0.1, 0.15) is 34.8 Å². The average molecular weight is 280 g/mol. The Morgan fingerprint density at radius 2 is 1.84 bits per heavy atom. The van der Waals surface area contributed by atoms with E-state index in [-0.39, 0.29) is 17.3 Å². The molecule has 0 saturated carbocycles. The van der Waals surface area contributed by atoms with Gasteiger partial charge < -0.3 is 10.0 Å². The second-order valence-corrected chi connectivity index (χ2v) is 6.56. The molecule has 102 valence electrons. The Balaban J connectivity index is 2.19. The lowest BCUT2D eigenvalue weighted by Crippen LogP contribution is -2.44. The molecule has 5 nitrogen and oxygen atoms in total. The third-order valence-corrected chi connectivity index (χ3v) is 4.12. The maximum atomic E-state index is 12.3. The van der Waals surface area contributed by atoms with E-state index < -0.39 is 5.97 Å². The molecule has 1 aliphatic rings. The van der Waals surface area contributed by atoms with Gasteiger partial charge in [0.1, 0.15) is 11.4 Å². The van der Waals surface area contributed by atoms with Crippen molar-refractivity contribution in [3.05, 3.63) is 29.6 Å². The lowest BCUT2D eigenvalue weighted by molar-refractivity contribution is 0.0689. The van der Waals surface area contributed by atoms with Crippen LogP contribution in [0.5, 0.6) is 0 Å². The van der Waals surface area contributed by atoms with Crippen LogP contribution < -0.4 is 0 Å². The highest BCUT2D eigenvalue weighted by molar-refractivity contribution is 8.00. The molecule has 1 aliphatic heterocycles. The number of hydrogen-bond donors (Lipinski definition) is 1. The van der Waals surface area contributed by atoms with Gasteiger partial charge in [-0.1, -0.05) is 19.9 Å². The molecule has 6 heteroatoms. The zero-order valence-corrected chi connectivity index (χ0v) is 11.7. The zero-order chi connectivity index (χ0) is 14.0. The van der Waals surface area contributed by atoms with Crippen molar-refractivity contribution in [2.24, 2.45) is 0 Å². The summed E-state index contributed by atoms with van der Waals surface area (Å²) >= 11 is 1.86. The third kappa shape index (κ3) is 3.26. The Morgan fingerprint density at radius 1 is 1.26 bits per heavy atom. The fourth-order valence-electron chi connectivity index (χ4n) is 2.18. The van der Waals surface area contributed by atoms with Gasteiger partial charge >= 0.3 is 5.97 Å². The second-order valence-electron chi connectivity index (χ2n) is 4.68. The van der Waals surface area contributed by atoms with Crippen molar-refractivity contribution in [1.82, 2.24) is 9.88 Å². The quantitative estimate of drug-likeness (QED) is 0.893. The van der Waals surface area contributed by atoms with Gasteiger partial charge in [0, 0.05) is 23.6 Å². The van der Waals surface area contributed by atoms with Crippen LogP contribution in [-0.4, -0.2) is 50.5 Å². The lowest BCUT2D eigenvalue weighted by atomic mass is 10.2. The lowest BCUT2D eigenvalue weighted by Gasteiger charge is -2.34. The predicted molar refractivity (Wildman–Crippen MR) is 73.6 cm³/mol. The zero-order valence-electron chi connectivity index (χ0n) is 10.9. The van der Waals surface area contributed by atoms with Crippen molar-refractivity contribution in [1.29, 1.82) is 0 Å². The molecule has 19 heavy (non-hydrogen) atoms. The number of aromatic nitrogens is 1. The van der Waals surface area contributed by atoms with Crippen LogP contribution in [0.4, 0.5) is 0 Å². The van der Waals surface area contributed by atoms with E-state index in [0.717, 1.165) is 0 Å². The van der Waals surface area contributed by atoms with Gasteiger partial charge in [-0.05, 0) is 12.1 Å². The number of nitrogens with zero attached hydrogens (tertiary/aromatic N) is 2. The predicted octanol–water partition coefficient (Wildman–Crippen LogP) is 1.75. The molecule has 1 amide bonds. The van der Waals surface area contributed by atoms with Crippen LogP contribution in [0.3, 0.4) is 0 Å². The number of carbonyl (C=O) groups is 2. The van der Waals surface area contributed by atoms with Gasteiger partial charge in [0.25, 0.3) is 5.91 Å². The van der Waals surface area contributed by atoms with Crippen LogP contribution >= 0.6 is 11.8 Å². The first-order valence-corrected chi connectivity index (χ1v) is 7.06. The van der Waals surface area contributed by atoms with E-state index in [1.165, 1.54) is 6.07 Å². The summed E-state index contributed by atoms with van der Waals surface area (Å²) < 4.78 is 0. The van der Waals surface area contributed by atoms with E-state index in [1.54, 1.807) is 17.0 Å².